The number of carbonyl (C=O) groups is 1. The summed E-state index contributed by atoms with van der Waals surface area (Å²) >= 11 is 1.60. The highest BCUT2D eigenvalue weighted by Gasteiger charge is 2.19. The number of benzene rings is 2. The smallest absolute Gasteiger partial charge is 0.150 e. The first kappa shape index (κ1) is 19.6. The predicted octanol–water partition coefficient (Wildman–Crippen LogP) is 5.61. The first-order valence-electron chi connectivity index (χ1n) is 9.57. The van der Waals surface area contributed by atoms with Crippen LogP contribution in [-0.4, -0.2) is 28.3 Å². The maximum atomic E-state index is 11.6. The number of carbonyl (C=O) groups excluding carboxylic acids is 1. The van der Waals surface area contributed by atoms with E-state index in [1.165, 1.54) is 0 Å². The molecular weight excluding hydrogens is 382 g/mol. The average molecular weight is 406 g/mol. The van der Waals surface area contributed by atoms with Gasteiger partial charge in [0.2, 0.25) is 0 Å². The van der Waals surface area contributed by atoms with Crippen molar-refractivity contribution in [2.24, 2.45) is 0 Å². The molecule has 2 heterocycles. The molecule has 2 aromatic carbocycles. The summed E-state index contributed by atoms with van der Waals surface area (Å²) in [7, 11) is 1.65. The predicted molar refractivity (Wildman–Crippen MR) is 118 cm³/mol. The van der Waals surface area contributed by atoms with Gasteiger partial charge >= 0.3 is 0 Å². The van der Waals surface area contributed by atoms with Crippen molar-refractivity contribution in [3.8, 4) is 10.6 Å². The Hall–Kier alpha value is -2.70. The van der Waals surface area contributed by atoms with Crippen molar-refractivity contribution in [1.29, 1.82) is 0 Å². The van der Waals surface area contributed by atoms with E-state index in [1.54, 1.807) is 24.6 Å². The zero-order valence-corrected chi connectivity index (χ0v) is 18.1. The Morgan fingerprint density at radius 2 is 1.93 bits per heavy atom. The zero-order valence-electron chi connectivity index (χ0n) is 17.2. The summed E-state index contributed by atoms with van der Waals surface area (Å²) in [5.74, 6) is 0.276. The number of methoxy groups -OCH3 is 1. The number of hydrogen-bond acceptors (Lipinski definition) is 6. The number of aryl methyl sites for hydroxylation is 1. The van der Waals surface area contributed by atoms with E-state index < -0.39 is 0 Å². The number of aromatic nitrogens is 3. The molecule has 0 radical (unpaired) electrons. The summed E-state index contributed by atoms with van der Waals surface area (Å²) in [6, 6.07) is 6.09. The molecule has 0 spiro atoms. The number of hydrogen-bond donors (Lipinski definition) is 0. The van der Waals surface area contributed by atoms with Crippen LogP contribution >= 0.6 is 11.3 Å². The van der Waals surface area contributed by atoms with E-state index in [4.69, 9.17) is 14.7 Å². The highest BCUT2D eigenvalue weighted by atomic mass is 32.1. The minimum atomic E-state index is 0.276. The molecule has 0 aliphatic carbocycles. The largest absolute Gasteiger partial charge is 0.378 e. The molecule has 0 aliphatic rings. The Balaban J connectivity index is 1.98. The standard InChI is InChI=1S/C23H23N3O2S/c1-12(2)20-14(4)15(10-27)8-19-22(20)26-23(29-19)17-6-13(3)7-18-21(17)24-9-16(25-18)11-28-5/h6-10,12H,11H2,1-5H3. The molecule has 29 heavy (non-hydrogen) atoms. The lowest BCUT2D eigenvalue weighted by Gasteiger charge is -2.12. The number of ether oxygens (including phenoxy) is 1. The molecule has 0 atom stereocenters. The molecule has 0 amide bonds. The number of aldehydes is 1. The SMILES string of the molecule is COCc1cnc2c(-c3nc4c(C(C)C)c(C)c(C=O)cc4s3)cc(C)cc2n1. The highest BCUT2D eigenvalue weighted by molar-refractivity contribution is 7.21. The Morgan fingerprint density at radius 3 is 2.62 bits per heavy atom. The molecule has 0 saturated carbocycles. The number of thiazole rings is 1. The monoisotopic (exact) mass is 405 g/mol. The molecule has 0 fully saturated rings. The molecule has 148 valence electrons. The van der Waals surface area contributed by atoms with Gasteiger partial charge in [0.15, 0.2) is 0 Å². The second-order valence-corrected chi connectivity index (χ2v) is 8.65. The highest BCUT2D eigenvalue weighted by Crippen LogP contribution is 2.39. The van der Waals surface area contributed by atoms with E-state index in [1.807, 2.05) is 19.1 Å². The van der Waals surface area contributed by atoms with Crippen LogP contribution in [0, 0.1) is 13.8 Å². The van der Waals surface area contributed by atoms with Crippen LogP contribution in [0.1, 0.15) is 52.5 Å². The van der Waals surface area contributed by atoms with Crippen molar-refractivity contribution in [2.75, 3.05) is 7.11 Å². The van der Waals surface area contributed by atoms with Crippen molar-refractivity contribution >= 4 is 38.9 Å². The van der Waals surface area contributed by atoms with Crippen molar-refractivity contribution < 1.29 is 9.53 Å². The van der Waals surface area contributed by atoms with Crippen LogP contribution in [0.25, 0.3) is 31.8 Å². The fourth-order valence-corrected chi connectivity index (χ4v) is 4.88. The molecule has 0 aliphatic heterocycles. The third-order valence-corrected chi connectivity index (χ3v) is 6.14. The molecule has 0 N–H and O–H groups in total. The summed E-state index contributed by atoms with van der Waals surface area (Å²) in [6.07, 6.45) is 2.69. The first-order valence-corrected chi connectivity index (χ1v) is 10.4. The van der Waals surface area contributed by atoms with Crippen molar-refractivity contribution in [3.05, 3.63) is 52.3 Å². The topological polar surface area (TPSA) is 65.0 Å². The van der Waals surface area contributed by atoms with Crippen molar-refractivity contribution in [3.63, 3.8) is 0 Å². The van der Waals surface area contributed by atoms with Crippen molar-refractivity contribution in [2.45, 2.75) is 40.2 Å². The Kier molecular flexibility index (Phi) is 5.15. The molecule has 0 bridgehead atoms. The van der Waals surface area contributed by atoms with Crippen LogP contribution in [0.5, 0.6) is 0 Å². The van der Waals surface area contributed by atoms with Gasteiger partial charge in [0.05, 0.1) is 39.7 Å². The van der Waals surface area contributed by atoms with Gasteiger partial charge in [-0.2, -0.15) is 0 Å². The Bertz CT molecular complexity index is 1240. The van der Waals surface area contributed by atoms with E-state index in [0.29, 0.717) is 6.61 Å². The number of nitrogens with zero attached hydrogens (tertiary/aromatic N) is 3. The summed E-state index contributed by atoms with van der Waals surface area (Å²) in [5.41, 5.74) is 8.39. The van der Waals surface area contributed by atoms with Crippen LogP contribution in [-0.2, 0) is 11.3 Å². The molecular formula is C23H23N3O2S. The van der Waals surface area contributed by atoms with Gasteiger partial charge in [-0.05, 0) is 54.7 Å². The third-order valence-electron chi connectivity index (χ3n) is 5.10. The maximum absolute atomic E-state index is 11.6. The summed E-state index contributed by atoms with van der Waals surface area (Å²) in [4.78, 5) is 25.9. The van der Waals surface area contributed by atoms with Crippen molar-refractivity contribution in [1.82, 2.24) is 15.0 Å². The average Bonchev–Trinajstić information content (AvgIpc) is 3.09. The Morgan fingerprint density at radius 1 is 1.14 bits per heavy atom. The quantitative estimate of drug-likeness (QED) is 0.404. The molecule has 4 aromatic rings. The number of rotatable bonds is 5. The Labute approximate surface area is 173 Å². The van der Waals surface area contributed by atoms with E-state index >= 15 is 0 Å². The second-order valence-electron chi connectivity index (χ2n) is 7.62. The van der Waals surface area contributed by atoms with Gasteiger partial charge in [0, 0.05) is 18.2 Å². The summed E-state index contributed by atoms with van der Waals surface area (Å²) in [5, 5.41) is 0.895. The lowest BCUT2D eigenvalue weighted by atomic mass is 9.93. The van der Waals surface area contributed by atoms with Gasteiger partial charge in [0.25, 0.3) is 0 Å². The van der Waals surface area contributed by atoms with Gasteiger partial charge in [0.1, 0.15) is 11.3 Å². The normalized spacial score (nSPS) is 11.7. The van der Waals surface area contributed by atoms with Crippen LogP contribution < -0.4 is 0 Å². The van der Waals surface area contributed by atoms with E-state index in [0.717, 1.165) is 66.1 Å². The zero-order chi connectivity index (χ0) is 20.7. The van der Waals surface area contributed by atoms with E-state index in [9.17, 15) is 4.79 Å². The second kappa shape index (κ2) is 7.61. The summed E-state index contributed by atoms with van der Waals surface area (Å²) in [6.45, 7) is 8.76. The third kappa shape index (κ3) is 3.43. The lowest BCUT2D eigenvalue weighted by Crippen LogP contribution is -1.98. The van der Waals surface area contributed by atoms with Gasteiger partial charge in [-0.1, -0.05) is 13.8 Å². The van der Waals surface area contributed by atoms with Crippen LogP contribution in [0.2, 0.25) is 0 Å². The van der Waals surface area contributed by atoms with E-state index in [2.05, 4.69) is 31.8 Å². The van der Waals surface area contributed by atoms with Gasteiger partial charge in [-0.25, -0.2) is 9.97 Å². The number of fused-ring (bicyclic) bond motifs is 2. The van der Waals surface area contributed by atoms with E-state index in [-0.39, 0.29) is 5.92 Å². The fourth-order valence-electron chi connectivity index (χ4n) is 3.83. The minimum Gasteiger partial charge on any atom is -0.378 e. The maximum Gasteiger partial charge on any atom is 0.150 e. The molecule has 5 nitrogen and oxygen atoms in total. The summed E-state index contributed by atoms with van der Waals surface area (Å²) < 4.78 is 6.21. The molecule has 2 aromatic heterocycles. The van der Waals surface area contributed by atoms with Gasteiger partial charge in [-0.15, -0.1) is 11.3 Å². The molecule has 6 heteroatoms. The first-order chi connectivity index (χ1) is 13.9. The minimum absolute atomic E-state index is 0.276. The lowest BCUT2D eigenvalue weighted by molar-refractivity contribution is 0.112. The van der Waals surface area contributed by atoms with Crippen LogP contribution in [0.4, 0.5) is 0 Å². The van der Waals surface area contributed by atoms with Gasteiger partial charge in [-0.3, -0.25) is 9.78 Å². The fraction of sp³-hybridized carbons (Fsp3) is 0.304. The van der Waals surface area contributed by atoms with Crippen LogP contribution in [0.3, 0.4) is 0 Å². The molecule has 0 unspecified atom stereocenters. The van der Waals surface area contributed by atoms with Gasteiger partial charge < -0.3 is 4.74 Å². The van der Waals surface area contributed by atoms with Crippen LogP contribution in [0.15, 0.2) is 24.4 Å². The molecule has 0 saturated heterocycles. The molecule has 4 rings (SSSR count).